The maximum absolute atomic E-state index is 12.5. The fourth-order valence-corrected chi connectivity index (χ4v) is 3.58. The van der Waals surface area contributed by atoms with Gasteiger partial charge in [-0.15, -0.1) is 0 Å². The number of ether oxygens (including phenoxy) is 4. The zero-order valence-electron chi connectivity index (χ0n) is 18.5. The molecule has 7 heteroatoms. The smallest absolute Gasteiger partial charge is 0.344 e. The summed E-state index contributed by atoms with van der Waals surface area (Å²) in [5, 5.41) is 0. The third-order valence-corrected chi connectivity index (χ3v) is 5.01. The fraction of sp³-hybridized carbons (Fsp3) is 0.417. The molecule has 0 bridgehead atoms. The topological polar surface area (TPSA) is 74.3 Å². The van der Waals surface area contributed by atoms with E-state index in [-0.39, 0.29) is 19.1 Å². The number of aryl methyl sites for hydroxylation is 3. The van der Waals surface area contributed by atoms with Crippen LogP contribution in [0.2, 0.25) is 0 Å². The van der Waals surface area contributed by atoms with Crippen LogP contribution >= 0.6 is 0 Å². The highest BCUT2D eigenvalue weighted by molar-refractivity contribution is 5.81. The molecule has 0 saturated carbocycles. The minimum absolute atomic E-state index is 0.244. The van der Waals surface area contributed by atoms with Crippen LogP contribution in [0, 0.1) is 20.8 Å². The molecule has 1 aliphatic rings. The number of amides is 1. The molecule has 0 radical (unpaired) electrons. The van der Waals surface area contributed by atoms with Gasteiger partial charge in [-0.2, -0.15) is 0 Å². The van der Waals surface area contributed by atoms with Gasteiger partial charge in [-0.25, -0.2) is 4.79 Å². The first-order chi connectivity index (χ1) is 14.9. The van der Waals surface area contributed by atoms with E-state index in [2.05, 4.69) is 0 Å². The Kier molecular flexibility index (Phi) is 7.39. The summed E-state index contributed by atoms with van der Waals surface area (Å²) in [7, 11) is 0. The van der Waals surface area contributed by atoms with Crippen molar-refractivity contribution in [2.75, 3.05) is 33.0 Å². The molecule has 1 heterocycles. The van der Waals surface area contributed by atoms with E-state index in [0.29, 0.717) is 43.6 Å². The van der Waals surface area contributed by atoms with Gasteiger partial charge in [0.25, 0.3) is 5.91 Å². The summed E-state index contributed by atoms with van der Waals surface area (Å²) in [5.74, 6) is 1.20. The van der Waals surface area contributed by atoms with Crippen LogP contribution in [0.3, 0.4) is 0 Å². The second-order valence-electron chi connectivity index (χ2n) is 7.56. The van der Waals surface area contributed by atoms with Gasteiger partial charge in [0, 0.05) is 13.1 Å². The van der Waals surface area contributed by atoms with Crippen LogP contribution in [0.15, 0.2) is 30.3 Å². The molecule has 166 valence electrons. The van der Waals surface area contributed by atoms with Gasteiger partial charge in [-0.3, -0.25) is 4.79 Å². The summed E-state index contributed by atoms with van der Waals surface area (Å²) >= 11 is 0. The number of likely N-dealkylation sites (N-methyl/N-ethyl adjacent to an activating group) is 1. The van der Waals surface area contributed by atoms with E-state index in [1.165, 1.54) is 0 Å². The second kappa shape index (κ2) is 10.2. The SMILES string of the molecule is CCN(Cc1ccc2c(c1)OCCO2)C(=O)COC(=O)COc1c(C)cc(C)cc1C. The van der Waals surface area contributed by atoms with Gasteiger partial charge in [-0.05, 0) is 56.5 Å². The standard InChI is InChI=1S/C24H29NO6/c1-5-25(13-19-6-7-20-21(12-19)29-9-8-28-20)22(26)14-30-23(27)15-31-24-17(3)10-16(2)11-18(24)4/h6-7,10-12H,5,8-9,13-15H2,1-4H3. The van der Waals surface area contributed by atoms with Gasteiger partial charge >= 0.3 is 5.97 Å². The number of fused-ring (bicyclic) bond motifs is 1. The van der Waals surface area contributed by atoms with Gasteiger partial charge < -0.3 is 23.8 Å². The van der Waals surface area contributed by atoms with Gasteiger partial charge in [0.1, 0.15) is 19.0 Å². The number of nitrogens with zero attached hydrogens (tertiary/aromatic N) is 1. The molecule has 3 rings (SSSR count). The van der Waals surface area contributed by atoms with Crippen LogP contribution in [-0.4, -0.2) is 49.7 Å². The Hall–Kier alpha value is -3.22. The van der Waals surface area contributed by atoms with Gasteiger partial charge in [0.2, 0.25) is 0 Å². The Balaban J connectivity index is 1.50. The average molecular weight is 427 g/mol. The quantitative estimate of drug-likeness (QED) is 0.602. The molecular formula is C24H29NO6. The van der Waals surface area contributed by atoms with Crippen molar-refractivity contribution < 1.29 is 28.5 Å². The Morgan fingerprint density at radius 3 is 2.32 bits per heavy atom. The largest absolute Gasteiger partial charge is 0.486 e. The molecule has 7 nitrogen and oxygen atoms in total. The molecule has 0 atom stereocenters. The van der Waals surface area contributed by atoms with E-state index >= 15 is 0 Å². The Morgan fingerprint density at radius 2 is 1.65 bits per heavy atom. The molecule has 0 unspecified atom stereocenters. The molecule has 0 N–H and O–H groups in total. The number of hydrogen-bond acceptors (Lipinski definition) is 6. The normalized spacial score (nSPS) is 12.3. The molecule has 1 aliphatic heterocycles. The minimum atomic E-state index is -0.580. The second-order valence-corrected chi connectivity index (χ2v) is 7.56. The zero-order valence-corrected chi connectivity index (χ0v) is 18.5. The van der Waals surface area contributed by atoms with Crippen LogP contribution < -0.4 is 14.2 Å². The predicted octanol–water partition coefficient (Wildman–Crippen LogP) is 3.35. The number of carbonyl (C=O) groups excluding carboxylic acids is 2. The highest BCUT2D eigenvalue weighted by atomic mass is 16.6. The summed E-state index contributed by atoms with van der Waals surface area (Å²) in [6.07, 6.45) is 0. The third-order valence-electron chi connectivity index (χ3n) is 5.01. The fourth-order valence-electron chi connectivity index (χ4n) is 3.58. The molecular weight excluding hydrogens is 398 g/mol. The average Bonchev–Trinajstić information content (AvgIpc) is 2.74. The van der Waals surface area contributed by atoms with E-state index in [1.807, 2.05) is 58.0 Å². The first-order valence-corrected chi connectivity index (χ1v) is 10.4. The summed E-state index contributed by atoms with van der Waals surface area (Å²) in [5.41, 5.74) is 3.96. The van der Waals surface area contributed by atoms with Crippen molar-refractivity contribution in [2.45, 2.75) is 34.2 Å². The highest BCUT2D eigenvalue weighted by Crippen LogP contribution is 2.31. The van der Waals surface area contributed by atoms with Crippen molar-refractivity contribution in [2.24, 2.45) is 0 Å². The first kappa shape index (κ1) is 22.5. The van der Waals surface area contributed by atoms with Crippen LogP contribution in [-0.2, 0) is 20.9 Å². The molecule has 2 aromatic rings. The van der Waals surface area contributed by atoms with Gasteiger partial charge in [-0.1, -0.05) is 23.8 Å². The van der Waals surface area contributed by atoms with Crippen molar-refractivity contribution in [3.63, 3.8) is 0 Å². The molecule has 0 spiro atoms. The van der Waals surface area contributed by atoms with E-state index in [1.54, 1.807) is 4.90 Å². The summed E-state index contributed by atoms with van der Waals surface area (Å²) in [6, 6.07) is 9.60. The number of benzene rings is 2. The highest BCUT2D eigenvalue weighted by Gasteiger charge is 2.18. The zero-order chi connectivity index (χ0) is 22.4. The van der Waals surface area contributed by atoms with E-state index in [9.17, 15) is 9.59 Å². The number of esters is 1. The molecule has 0 aromatic heterocycles. The Labute approximate surface area is 182 Å². The maximum Gasteiger partial charge on any atom is 0.344 e. The maximum atomic E-state index is 12.5. The van der Waals surface area contributed by atoms with Crippen molar-refractivity contribution in [1.82, 2.24) is 4.90 Å². The van der Waals surface area contributed by atoms with Crippen molar-refractivity contribution >= 4 is 11.9 Å². The van der Waals surface area contributed by atoms with Crippen molar-refractivity contribution in [3.05, 3.63) is 52.6 Å². The van der Waals surface area contributed by atoms with Gasteiger partial charge in [0.15, 0.2) is 24.7 Å². The van der Waals surface area contributed by atoms with Crippen LogP contribution in [0.1, 0.15) is 29.2 Å². The van der Waals surface area contributed by atoms with Crippen molar-refractivity contribution in [3.8, 4) is 17.2 Å². The van der Waals surface area contributed by atoms with Crippen LogP contribution in [0.25, 0.3) is 0 Å². The number of rotatable bonds is 8. The lowest BCUT2D eigenvalue weighted by Crippen LogP contribution is -2.34. The van der Waals surface area contributed by atoms with Crippen molar-refractivity contribution in [1.29, 1.82) is 0 Å². The lowest BCUT2D eigenvalue weighted by Gasteiger charge is -2.23. The van der Waals surface area contributed by atoms with Gasteiger partial charge in [0.05, 0.1) is 0 Å². The third kappa shape index (κ3) is 5.90. The molecule has 1 amide bonds. The predicted molar refractivity (Wildman–Crippen MR) is 116 cm³/mol. The lowest BCUT2D eigenvalue weighted by molar-refractivity contribution is -0.153. The van der Waals surface area contributed by atoms with Crippen LogP contribution in [0.5, 0.6) is 17.2 Å². The molecule has 31 heavy (non-hydrogen) atoms. The molecule has 0 saturated heterocycles. The Bertz CT molecular complexity index is 932. The number of carbonyl (C=O) groups is 2. The first-order valence-electron chi connectivity index (χ1n) is 10.4. The van der Waals surface area contributed by atoms with E-state index in [0.717, 1.165) is 22.3 Å². The van der Waals surface area contributed by atoms with E-state index in [4.69, 9.17) is 18.9 Å². The molecule has 2 aromatic carbocycles. The van der Waals surface area contributed by atoms with E-state index < -0.39 is 5.97 Å². The number of hydrogen-bond donors (Lipinski definition) is 0. The molecule has 0 aliphatic carbocycles. The summed E-state index contributed by atoms with van der Waals surface area (Å²) < 4.78 is 21.9. The summed E-state index contributed by atoms with van der Waals surface area (Å²) in [4.78, 5) is 26.3. The molecule has 0 fully saturated rings. The lowest BCUT2D eigenvalue weighted by atomic mass is 10.1. The van der Waals surface area contributed by atoms with Crippen LogP contribution in [0.4, 0.5) is 0 Å². The monoisotopic (exact) mass is 427 g/mol. The minimum Gasteiger partial charge on any atom is -0.486 e. The Morgan fingerprint density at radius 1 is 0.968 bits per heavy atom. The summed E-state index contributed by atoms with van der Waals surface area (Å²) in [6.45, 7) is 9.10.